The maximum absolute atomic E-state index is 12.0. The number of amides is 1. The first-order valence-corrected chi connectivity index (χ1v) is 7.96. The first-order valence-electron chi connectivity index (χ1n) is 6.73. The van der Waals surface area contributed by atoms with Crippen LogP contribution < -0.4 is 11.1 Å². The lowest BCUT2D eigenvalue weighted by molar-refractivity contribution is -0.119. The van der Waals surface area contributed by atoms with Crippen LogP contribution in [0.1, 0.15) is 33.1 Å². The molecule has 0 spiro atoms. The lowest BCUT2D eigenvalue weighted by Gasteiger charge is -2.13. The van der Waals surface area contributed by atoms with Crippen molar-refractivity contribution in [2.24, 2.45) is 11.7 Å². The number of thioether (sulfide) groups is 1. The molecule has 4 heteroatoms. The summed E-state index contributed by atoms with van der Waals surface area (Å²) in [6.07, 6.45) is 4.89. The Morgan fingerprint density at radius 3 is 2.42 bits per heavy atom. The van der Waals surface area contributed by atoms with Crippen LogP contribution in [-0.4, -0.2) is 18.2 Å². The standard InChI is InChI=1S/C15H24N2OS/c1-11(5-4-6-12(2)16)15(18)17-13-7-9-14(19-3)10-8-13/h7-12H,4-6,16H2,1-3H3,(H,17,18). The number of rotatable bonds is 7. The Labute approximate surface area is 120 Å². The van der Waals surface area contributed by atoms with Crippen molar-refractivity contribution >= 4 is 23.4 Å². The number of nitrogens with one attached hydrogen (secondary N) is 1. The van der Waals surface area contributed by atoms with Crippen molar-refractivity contribution in [3.05, 3.63) is 24.3 Å². The highest BCUT2D eigenvalue weighted by atomic mass is 32.2. The summed E-state index contributed by atoms with van der Waals surface area (Å²) in [5.41, 5.74) is 6.57. The Balaban J connectivity index is 2.40. The second kappa shape index (κ2) is 8.23. The van der Waals surface area contributed by atoms with Crippen molar-refractivity contribution in [1.29, 1.82) is 0 Å². The minimum atomic E-state index is 0.0268. The van der Waals surface area contributed by atoms with Gasteiger partial charge < -0.3 is 11.1 Å². The molecule has 0 fully saturated rings. The van der Waals surface area contributed by atoms with Gasteiger partial charge in [0.15, 0.2) is 0 Å². The Morgan fingerprint density at radius 1 is 1.26 bits per heavy atom. The summed E-state index contributed by atoms with van der Waals surface area (Å²) in [5.74, 6) is 0.112. The SMILES string of the molecule is CSc1ccc(NC(=O)C(C)CCCC(C)N)cc1. The fraction of sp³-hybridized carbons (Fsp3) is 0.533. The smallest absolute Gasteiger partial charge is 0.227 e. The van der Waals surface area contributed by atoms with Crippen LogP contribution in [0, 0.1) is 5.92 Å². The fourth-order valence-electron chi connectivity index (χ4n) is 1.82. The fourth-order valence-corrected chi connectivity index (χ4v) is 2.23. The number of nitrogens with two attached hydrogens (primary N) is 1. The maximum atomic E-state index is 12.0. The predicted molar refractivity (Wildman–Crippen MR) is 83.5 cm³/mol. The first-order chi connectivity index (χ1) is 9.02. The zero-order valence-electron chi connectivity index (χ0n) is 12.0. The van der Waals surface area contributed by atoms with Gasteiger partial charge in [-0.15, -0.1) is 11.8 Å². The van der Waals surface area contributed by atoms with Gasteiger partial charge in [-0.2, -0.15) is 0 Å². The Kier molecular flexibility index (Phi) is 6.95. The maximum Gasteiger partial charge on any atom is 0.227 e. The van der Waals surface area contributed by atoms with Gasteiger partial charge in [0.2, 0.25) is 5.91 Å². The Morgan fingerprint density at radius 2 is 1.89 bits per heavy atom. The van der Waals surface area contributed by atoms with Crippen molar-refractivity contribution < 1.29 is 4.79 Å². The summed E-state index contributed by atoms with van der Waals surface area (Å²) in [7, 11) is 0. The van der Waals surface area contributed by atoms with Crippen LogP contribution in [0.15, 0.2) is 29.2 Å². The van der Waals surface area contributed by atoms with Crippen LogP contribution in [0.4, 0.5) is 5.69 Å². The normalized spacial score (nSPS) is 13.9. The molecule has 2 atom stereocenters. The summed E-state index contributed by atoms with van der Waals surface area (Å²) in [6, 6.07) is 8.13. The summed E-state index contributed by atoms with van der Waals surface area (Å²) in [5, 5.41) is 2.95. The first kappa shape index (κ1) is 16.1. The van der Waals surface area contributed by atoms with E-state index in [1.807, 2.05) is 44.4 Å². The zero-order chi connectivity index (χ0) is 14.3. The summed E-state index contributed by atoms with van der Waals surface area (Å²) in [4.78, 5) is 13.2. The van der Waals surface area contributed by atoms with Gasteiger partial charge in [0, 0.05) is 22.5 Å². The van der Waals surface area contributed by atoms with E-state index in [2.05, 4.69) is 5.32 Å². The van der Waals surface area contributed by atoms with Gasteiger partial charge in [0.25, 0.3) is 0 Å². The molecule has 1 aromatic rings. The molecule has 19 heavy (non-hydrogen) atoms. The minimum absolute atomic E-state index is 0.0268. The van der Waals surface area contributed by atoms with E-state index in [1.165, 1.54) is 4.90 Å². The monoisotopic (exact) mass is 280 g/mol. The molecule has 0 aliphatic heterocycles. The minimum Gasteiger partial charge on any atom is -0.328 e. The van der Waals surface area contributed by atoms with E-state index >= 15 is 0 Å². The highest BCUT2D eigenvalue weighted by molar-refractivity contribution is 7.98. The largest absolute Gasteiger partial charge is 0.328 e. The molecule has 0 saturated heterocycles. The molecular weight excluding hydrogens is 256 g/mol. The molecule has 2 unspecified atom stereocenters. The molecule has 1 aromatic carbocycles. The zero-order valence-corrected chi connectivity index (χ0v) is 12.8. The molecule has 0 bridgehead atoms. The van der Waals surface area contributed by atoms with Gasteiger partial charge in [-0.05, 0) is 50.3 Å². The molecular formula is C15H24N2OS. The second-order valence-corrected chi connectivity index (χ2v) is 5.91. The van der Waals surface area contributed by atoms with Gasteiger partial charge in [0.05, 0.1) is 0 Å². The number of carbonyl (C=O) groups excluding carboxylic acids is 1. The molecule has 0 aromatic heterocycles. The molecule has 0 aliphatic rings. The van der Waals surface area contributed by atoms with E-state index in [-0.39, 0.29) is 17.9 Å². The molecule has 1 amide bonds. The van der Waals surface area contributed by atoms with E-state index in [9.17, 15) is 4.79 Å². The summed E-state index contributed by atoms with van der Waals surface area (Å²) >= 11 is 1.69. The average molecular weight is 280 g/mol. The Hall–Kier alpha value is -1.00. The van der Waals surface area contributed by atoms with Gasteiger partial charge in [-0.25, -0.2) is 0 Å². The van der Waals surface area contributed by atoms with Gasteiger partial charge in [0.1, 0.15) is 0 Å². The number of hydrogen-bond acceptors (Lipinski definition) is 3. The van der Waals surface area contributed by atoms with Crippen LogP contribution in [0.2, 0.25) is 0 Å². The van der Waals surface area contributed by atoms with E-state index < -0.39 is 0 Å². The lowest BCUT2D eigenvalue weighted by atomic mass is 10.0. The summed E-state index contributed by atoms with van der Waals surface area (Å²) < 4.78 is 0. The van der Waals surface area contributed by atoms with Crippen molar-refractivity contribution in [3.8, 4) is 0 Å². The van der Waals surface area contributed by atoms with E-state index in [0.717, 1.165) is 24.9 Å². The lowest BCUT2D eigenvalue weighted by Crippen LogP contribution is -2.21. The van der Waals surface area contributed by atoms with Crippen molar-refractivity contribution in [2.45, 2.75) is 44.0 Å². The molecule has 0 heterocycles. The molecule has 1 rings (SSSR count). The third kappa shape index (κ3) is 6.12. The van der Waals surface area contributed by atoms with Crippen molar-refractivity contribution in [1.82, 2.24) is 0 Å². The predicted octanol–water partition coefficient (Wildman–Crippen LogP) is 3.50. The number of anilines is 1. The quantitative estimate of drug-likeness (QED) is 0.752. The summed E-state index contributed by atoms with van der Waals surface area (Å²) in [6.45, 7) is 3.96. The topological polar surface area (TPSA) is 55.1 Å². The molecule has 0 radical (unpaired) electrons. The van der Waals surface area contributed by atoms with Crippen LogP contribution in [0.25, 0.3) is 0 Å². The Bertz CT molecular complexity index is 390. The van der Waals surface area contributed by atoms with E-state index in [0.29, 0.717) is 0 Å². The van der Waals surface area contributed by atoms with Crippen LogP contribution in [0.3, 0.4) is 0 Å². The molecule has 106 valence electrons. The number of carbonyl (C=O) groups is 1. The third-order valence-electron chi connectivity index (χ3n) is 3.10. The van der Waals surface area contributed by atoms with Crippen molar-refractivity contribution in [3.63, 3.8) is 0 Å². The molecule has 0 saturated carbocycles. The van der Waals surface area contributed by atoms with Crippen molar-refractivity contribution in [2.75, 3.05) is 11.6 Å². The van der Waals surface area contributed by atoms with Gasteiger partial charge >= 0.3 is 0 Å². The van der Waals surface area contributed by atoms with Gasteiger partial charge in [-0.3, -0.25) is 4.79 Å². The van der Waals surface area contributed by atoms with Crippen LogP contribution in [-0.2, 0) is 4.79 Å². The highest BCUT2D eigenvalue weighted by Crippen LogP contribution is 2.18. The third-order valence-corrected chi connectivity index (χ3v) is 3.85. The van der Waals surface area contributed by atoms with Crippen LogP contribution >= 0.6 is 11.8 Å². The average Bonchev–Trinajstić information content (AvgIpc) is 2.39. The van der Waals surface area contributed by atoms with Gasteiger partial charge in [-0.1, -0.05) is 13.3 Å². The molecule has 3 nitrogen and oxygen atoms in total. The number of hydrogen-bond donors (Lipinski definition) is 2. The second-order valence-electron chi connectivity index (χ2n) is 5.03. The number of benzene rings is 1. The van der Waals surface area contributed by atoms with Crippen LogP contribution in [0.5, 0.6) is 0 Å². The van der Waals surface area contributed by atoms with E-state index in [1.54, 1.807) is 11.8 Å². The molecule has 0 aliphatic carbocycles. The van der Waals surface area contributed by atoms with E-state index in [4.69, 9.17) is 5.73 Å². The molecule has 3 N–H and O–H groups in total. The highest BCUT2D eigenvalue weighted by Gasteiger charge is 2.12.